The summed E-state index contributed by atoms with van der Waals surface area (Å²) in [7, 11) is 0. The van der Waals surface area contributed by atoms with E-state index in [4.69, 9.17) is 0 Å². The van der Waals surface area contributed by atoms with E-state index >= 15 is 0 Å². The van der Waals surface area contributed by atoms with Gasteiger partial charge in [-0.1, -0.05) is 36.4 Å². The summed E-state index contributed by atoms with van der Waals surface area (Å²) >= 11 is 0. The van der Waals surface area contributed by atoms with Crippen molar-refractivity contribution in [1.29, 1.82) is 0 Å². The van der Waals surface area contributed by atoms with E-state index in [2.05, 4.69) is 17.4 Å². The number of phenolic OH excluding ortho intramolecular Hbond substituents is 1. The van der Waals surface area contributed by atoms with Crippen LogP contribution in [0.5, 0.6) is 5.75 Å². The molecule has 2 aromatic rings. The molecule has 3 atom stereocenters. The van der Waals surface area contributed by atoms with Gasteiger partial charge in [-0.05, 0) is 81.7 Å². The molecule has 1 aliphatic heterocycles. The van der Waals surface area contributed by atoms with E-state index in [1.165, 1.54) is 22.6 Å². The molecular weight excluding hydrogens is 470 g/mol. The molecule has 0 bridgehead atoms. The molecule has 1 heterocycles. The maximum absolute atomic E-state index is 14.0. The Labute approximate surface area is 218 Å². The molecule has 37 heavy (non-hydrogen) atoms. The fraction of sp³-hybridized carbons (Fsp3) is 0.483. The third-order valence-corrected chi connectivity index (χ3v) is 7.42. The molecule has 1 saturated heterocycles. The predicted molar refractivity (Wildman–Crippen MR) is 140 cm³/mol. The summed E-state index contributed by atoms with van der Waals surface area (Å²) in [6.07, 6.45) is 3.01. The fourth-order valence-electron chi connectivity index (χ4n) is 5.70. The van der Waals surface area contributed by atoms with E-state index in [0.717, 1.165) is 30.4 Å². The van der Waals surface area contributed by atoms with Gasteiger partial charge in [-0.3, -0.25) is 14.5 Å². The summed E-state index contributed by atoms with van der Waals surface area (Å²) in [5.41, 5.74) is 2.26. The first kappa shape index (κ1) is 26.5. The van der Waals surface area contributed by atoms with E-state index in [1.807, 2.05) is 12.1 Å². The first-order chi connectivity index (χ1) is 17.6. The third kappa shape index (κ3) is 5.89. The number of carboxylic acid groups (broad SMARTS) is 1. The number of rotatable bonds is 6. The number of benzene rings is 2. The van der Waals surface area contributed by atoms with Gasteiger partial charge in [0.05, 0.1) is 6.04 Å². The molecule has 0 unspecified atom stereocenters. The van der Waals surface area contributed by atoms with E-state index in [9.17, 15) is 24.6 Å². The van der Waals surface area contributed by atoms with Crippen molar-refractivity contribution in [3.8, 4) is 5.75 Å². The molecule has 8 heteroatoms. The Morgan fingerprint density at radius 2 is 1.76 bits per heavy atom. The Morgan fingerprint density at radius 1 is 1.05 bits per heavy atom. The van der Waals surface area contributed by atoms with Gasteiger partial charge in [-0.25, -0.2) is 4.79 Å². The van der Waals surface area contributed by atoms with Crippen LogP contribution in [0.25, 0.3) is 0 Å². The third-order valence-electron chi connectivity index (χ3n) is 7.42. The average molecular weight is 508 g/mol. The number of carbonyl (C=O) groups excluding carboxylic acids is 2. The van der Waals surface area contributed by atoms with Crippen molar-refractivity contribution >= 4 is 17.9 Å². The summed E-state index contributed by atoms with van der Waals surface area (Å²) in [4.78, 5) is 42.6. The Balaban J connectivity index is 1.58. The highest BCUT2D eigenvalue weighted by Gasteiger charge is 2.44. The van der Waals surface area contributed by atoms with Crippen LogP contribution in [0.4, 0.5) is 4.79 Å². The smallest absolute Gasteiger partial charge is 0.408 e. The van der Waals surface area contributed by atoms with Gasteiger partial charge in [0, 0.05) is 18.5 Å². The molecule has 8 nitrogen and oxygen atoms in total. The van der Waals surface area contributed by atoms with E-state index in [0.29, 0.717) is 19.4 Å². The Hall–Kier alpha value is -3.55. The molecule has 0 saturated carbocycles. The Bertz CT molecular complexity index is 1140. The van der Waals surface area contributed by atoms with Crippen LogP contribution in [0.15, 0.2) is 48.5 Å². The van der Waals surface area contributed by atoms with Crippen molar-refractivity contribution < 1.29 is 24.6 Å². The van der Waals surface area contributed by atoms with E-state index < -0.39 is 23.7 Å². The molecule has 0 aromatic heterocycles. The lowest BCUT2D eigenvalue weighted by Crippen LogP contribution is -2.60. The van der Waals surface area contributed by atoms with Crippen LogP contribution in [0, 0.1) is 0 Å². The summed E-state index contributed by atoms with van der Waals surface area (Å²) in [5, 5.41) is 23.0. The van der Waals surface area contributed by atoms with Crippen molar-refractivity contribution in [2.24, 2.45) is 0 Å². The van der Waals surface area contributed by atoms with Crippen molar-refractivity contribution in [2.75, 3.05) is 6.54 Å². The second kappa shape index (κ2) is 10.8. The number of fused-ring (bicyclic) bond motifs is 1. The summed E-state index contributed by atoms with van der Waals surface area (Å²) in [5.74, 6) is -0.459. The van der Waals surface area contributed by atoms with Crippen LogP contribution >= 0.6 is 0 Å². The molecule has 1 aliphatic carbocycles. The Kier molecular flexibility index (Phi) is 7.76. The van der Waals surface area contributed by atoms with Crippen LogP contribution in [0.3, 0.4) is 0 Å². The molecule has 4 rings (SSSR count). The van der Waals surface area contributed by atoms with E-state index in [1.54, 1.807) is 37.8 Å². The zero-order chi connectivity index (χ0) is 26.7. The fourth-order valence-corrected chi connectivity index (χ4v) is 5.70. The zero-order valence-electron chi connectivity index (χ0n) is 21.8. The molecule has 2 aromatic carbocycles. The van der Waals surface area contributed by atoms with Crippen molar-refractivity contribution in [2.45, 2.75) is 83.0 Å². The van der Waals surface area contributed by atoms with Gasteiger partial charge in [-0.15, -0.1) is 0 Å². The van der Waals surface area contributed by atoms with E-state index in [-0.39, 0.29) is 30.0 Å². The lowest BCUT2D eigenvalue weighted by Gasteiger charge is -2.41. The number of hydrogen-bond acceptors (Lipinski definition) is 4. The van der Waals surface area contributed by atoms with Crippen LogP contribution in [0.1, 0.15) is 69.2 Å². The molecule has 2 aliphatic rings. The number of phenols is 1. The average Bonchev–Trinajstić information content (AvgIpc) is 3.34. The molecule has 3 N–H and O–H groups in total. The highest BCUT2D eigenvalue weighted by atomic mass is 16.4. The quantitative estimate of drug-likeness (QED) is 0.541. The number of carbonyl (C=O) groups is 3. The van der Waals surface area contributed by atoms with Gasteiger partial charge in [0.25, 0.3) is 0 Å². The highest BCUT2D eigenvalue weighted by molar-refractivity contribution is 5.92. The molecule has 0 radical (unpaired) electrons. The number of nitrogens with zero attached hydrogens (tertiary/aromatic N) is 2. The van der Waals surface area contributed by atoms with Gasteiger partial charge < -0.3 is 20.4 Å². The van der Waals surface area contributed by atoms with Gasteiger partial charge in [0.2, 0.25) is 11.8 Å². The maximum Gasteiger partial charge on any atom is 0.408 e. The molecular formula is C29H37N3O5. The van der Waals surface area contributed by atoms with Crippen molar-refractivity contribution in [1.82, 2.24) is 15.1 Å². The van der Waals surface area contributed by atoms with Crippen molar-refractivity contribution in [3.05, 3.63) is 65.2 Å². The molecule has 0 spiro atoms. The summed E-state index contributed by atoms with van der Waals surface area (Å²) < 4.78 is 0. The number of hydrogen-bond donors (Lipinski definition) is 3. The highest BCUT2D eigenvalue weighted by Crippen LogP contribution is 2.31. The standard InChI is InChI=1S/C29H37N3O5/c1-29(2,3)32(28(36)37)25(18-19-13-15-21(33)16-14-19)27(35)31-17-7-12-24(31)26(34)30-23-11-6-9-20-8-4-5-10-22(20)23/h4-5,8,10,13-16,23-25,33H,6-7,9,11-12,17-18H2,1-3H3,(H,30,34)(H,36,37)/t23-,24+,25+/m1/s1. The molecule has 1 fully saturated rings. The van der Waals surface area contributed by atoms with Gasteiger partial charge in [0.1, 0.15) is 17.8 Å². The second-order valence-corrected chi connectivity index (χ2v) is 11.1. The predicted octanol–water partition coefficient (Wildman–Crippen LogP) is 4.27. The summed E-state index contributed by atoms with van der Waals surface area (Å²) in [6, 6.07) is 12.8. The van der Waals surface area contributed by atoms with Crippen LogP contribution in [-0.4, -0.2) is 62.1 Å². The molecule has 198 valence electrons. The number of nitrogens with one attached hydrogen (secondary N) is 1. The lowest BCUT2D eigenvalue weighted by molar-refractivity contribution is -0.143. The zero-order valence-corrected chi connectivity index (χ0v) is 21.8. The number of amides is 3. The van der Waals surface area contributed by atoms with Gasteiger partial charge in [0.15, 0.2) is 0 Å². The number of aromatic hydroxyl groups is 1. The minimum atomic E-state index is -1.19. The SMILES string of the molecule is CC(C)(C)N(C(=O)O)[C@@H](Cc1ccc(O)cc1)C(=O)N1CCC[C@H]1C(=O)N[C@@H]1CCCc2ccccc21. The first-order valence-electron chi connectivity index (χ1n) is 13.0. The monoisotopic (exact) mass is 507 g/mol. The second-order valence-electron chi connectivity index (χ2n) is 11.1. The summed E-state index contributed by atoms with van der Waals surface area (Å²) in [6.45, 7) is 5.68. The largest absolute Gasteiger partial charge is 0.508 e. The van der Waals surface area contributed by atoms with Crippen molar-refractivity contribution in [3.63, 3.8) is 0 Å². The lowest BCUT2D eigenvalue weighted by atomic mass is 9.87. The Morgan fingerprint density at radius 3 is 2.43 bits per heavy atom. The first-order valence-corrected chi connectivity index (χ1v) is 13.0. The number of aryl methyl sites for hydroxylation is 1. The normalized spacial score (nSPS) is 20.1. The van der Waals surface area contributed by atoms with Crippen LogP contribution < -0.4 is 5.32 Å². The molecule has 3 amide bonds. The topological polar surface area (TPSA) is 110 Å². The van der Waals surface area contributed by atoms with Crippen LogP contribution in [-0.2, 0) is 22.4 Å². The minimum absolute atomic E-state index is 0.0899. The van der Waals surface area contributed by atoms with Crippen LogP contribution in [0.2, 0.25) is 0 Å². The van der Waals surface area contributed by atoms with Gasteiger partial charge >= 0.3 is 6.09 Å². The van der Waals surface area contributed by atoms with Gasteiger partial charge in [-0.2, -0.15) is 0 Å². The minimum Gasteiger partial charge on any atom is -0.508 e. The number of likely N-dealkylation sites (tertiary alicyclic amines) is 1. The maximum atomic E-state index is 14.0.